The summed E-state index contributed by atoms with van der Waals surface area (Å²) >= 11 is 0. The second kappa shape index (κ2) is 5.09. The van der Waals surface area contributed by atoms with Crippen molar-refractivity contribution in [2.75, 3.05) is 12.3 Å². The fourth-order valence-electron chi connectivity index (χ4n) is 1.49. The molecule has 1 atom stereocenters. The number of hydrogen-bond acceptors (Lipinski definition) is 6. The van der Waals surface area contributed by atoms with Crippen LogP contribution in [0, 0.1) is 0 Å². The van der Waals surface area contributed by atoms with Gasteiger partial charge in [-0.1, -0.05) is 0 Å². The van der Waals surface area contributed by atoms with Crippen LogP contribution in [0.4, 0.5) is 19.1 Å². The molecule has 2 heterocycles. The largest absolute Gasteiger partial charge is 0.416 e. The first-order valence-corrected chi connectivity index (χ1v) is 5.32. The molecule has 2 aromatic rings. The molecule has 0 aliphatic carbocycles. The summed E-state index contributed by atoms with van der Waals surface area (Å²) in [4.78, 5) is 21.1. The first-order chi connectivity index (χ1) is 9.32. The lowest BCUT2D eigenvalue weighted by molar-refractivity contribution is -0.238. The normalized spacial score (nSPS) is 13.8. The molecule has 0 fully saturated rings. The molecule has 0 aliphatic heterocycles. The number of H-pyrrole nitrogens is 1. The highest BCUT2D eigenvalue weighted by molar-refractivity contribution is 5.70. The number of imidazole rings is 1. The van der Waals surface area contributed by atoms with Crippen molar-refractivity contribution in [3.63, 3.8) is 0 Å². The van der Waals surface area contributed by atoms with Gasteiger partial charge in [-0.25, -0.2) is 4.98 Å². The second-order valence-electron chi connectivity index (χ2n) is 3.85. The van der Waals surface area contributed by atoms with Gasteiger partial charge < -0.3 is 15.6 Å². The zero-order valence-corrected chi connectivity index (χ0v) is 9.89. The van der Waals surface area contributed by atoms with Crippen molar-refractivity contribution < 1.29 is 23.0 Å². The number of nitrogens with zero attached hydrogens (tertiary/aromatic N) is 3. The third-order valence-corrected chi connectivity index (χ3v) is 2.44. The summed E-state index contributed by atoms with van der Waals surface area (Å²) in [5, 5.41) is 8.63. The molecule has 0 radical (unpaired) electrons. The highest BCUT2D eigenvalue weighted by Gasteiger charge is 2.40. The number of anilines is 1. The molecule has 20 heavy (non-hydrogen) atoms. The summed E-state index contributed by atoms with van der Waals surface area (Å²) in [6.45, 7) is -1.80. The molecular weight excluding hydrogens is 283 g/mol. The van der Waals surface area contributed by atoms with Crippen LogP contribution in [0.2, 0.25) is 0 Å². The van der Waals surface area contributed by atoms with Crippen molar-refractivity contribution in [2.24, 2.45) is 0 Å². The number of nitrogens with one attached hydrogen (secondary N) is 1. The van der Waals surface area contributed by atoms with Crippen LogP contribution >= 0.6 is 0 Å². The number of aliphatic hydroxyl groups excluding tert-OH is 1. The van der Waals surface area contributed by atoms with Crippen molar-refractivity contribution in [1.29, 1.82) is 0 Å². The van der Waals surface area contributed by atoms with E-state index in [0.717, 1.165) is 10.9 Å². The van der Waals surface area contributed by atoms with E-state index in [4.69, 9.17) is 10.8 Å². The zero-order chi connectivity index (χ0) is 14.9. The quantitative estimate of drug-likeness (QED) is 0.705. The number of aromatic nitrogens is 4. The number of ether oxygens (including phenoxy) is 1. The summed E-state index contributed by atoms with van der Waals surface area (Å²) in [5.74, 6) is -0.196. The SMILES string of the molecule is Nc1nc2c(ncn2COC(CO)C(F)(F)F)c(=O)[nH]1. The van der Waals surface area contributed by atoms with Crippen molar-refractivity contribution in [3.05, 3.63) is 16.7 Å². The number of hydrogen-bond donors (Lipinski definition) is 3. The minimum Gasteiger partial charge on any atom is -0.393 e. The van der Waals surface area contributed by atoms with Gasteiger partial charge >= 0.3 is 6.18 Å². The highest BCUT2D eigenvalue weighted by atomic mass is 19.4. The van der Waals surface area contributed by atoms with E-state index in [1.165, 1.54) is 0 Å². The average Bonchev–Trinajstić information content (AvgIpc) is 2.71. The van der Waals surface area contributed by atoms with Gasteiger partial charge in [0.1, 0.15) is 6.73 Å². The standard InChI is InChI=1S/C9H10F3N5O3/c10-9(11,12)4(1-18)20-3-17-2-14-5-6(17)15-8(13)16-7(5)19/h2,4,18H,1,3H2,(H3,13,15,16,19). The van der Waals surface area contributed by atoms with Gasteiger partial charge in [0.15, 0.2) is 17.3 Å². The third kappa shape index (κ3) is 2.72. The molecule has 0 spiro atoms. The Kier molecular flexibility index (Phi) is 3.63. The van der Waals surface area contributed by atoms with E-state index >= 15 is 0 Å². The van der Waals surface area contributed by atoms with E-state index in [1.807, 2.05) is 0 Å². The van der Waals surface area contributed by atoms with Crippen LogP contribution in [-0.2, 0) is 11.5 Å². The van der Waals surface area contributed by atoms with Crippen LogP contribution < -0.4 is 11.3 Å². The monoisotopic (exact) mass is 293 g/mol. The fraction of sp³-hybridized carbons (Fsp3) is 0.444. The van der Waals surface area contributed by atoms with Gasteiger partial charge in [-0.15, -0.1) is 0 Å². The van der Waals surface area contributed by atoms with E-state index in [2.05, 4.69) is 19.7 Å². The number of nitrogens with two attached hydrogens (primary N) is 1. The number of aromatic amines is 1. The minimum absolute atomic E-state index is 0.00915. The lowest BCUT2D eigenvalue weighted by Crippen LogP contribution is -2.35. The maximum Gasteiger partial charge on any atom is 0.416 e. The molecule has 0 aromatic carbocycles. The molecule has 0 bridgehead atoms. The number of alkyl halides is 3. The lowest BCUT2D eigenvalue weighted by atomic mass is 10.4. The second-order valence-corrected chi connectivity index (χ2v) is 3.85. The summed E-state index contributed by atoms with van der Waals surface area (Å²) < 4.78 is 42.8. The summed E-state index contributed by atoms with van der Waals surface area (Å²) in [6.07, 6.45) is -5.94. The average molecular weight is 293 g/mol. The first kappa shape index (κ1) is 14.3. The van der Waals surface area contributed by atoms with Crippen LogP contribution in [0.1, 0.15) is 0 Å². The predicted molar refractivity (Wildman–Crippen MR) is 60.6 cm³/mol. The molecule has 110 valence electrons. The number of halogens is 3. The van der Waals surface area contributed by atoms with Crippen molar-refractivity contribution in [1.82, 2.24) is 19.5 Å². The molecule has 1 unspecified atom stereocenters. The van der Waals surface area contributed by atoms with Crippen LogP contribution in [-0.4, -0.2) is 43.5 Å². The van der Waals surface area contributed by atoms with Gasteiger partial charge in [0.2, 0.25) is 5.95 Å². The van der Waals surface area contributed by atoms with Crippen LogP contribution in [0.25, 0.3) is 11.2 Å². The highest BCUT2D eigenvalue weighted by Crippen LogP contribution is 2.23. The van der Waals surface area contributed by atoms with E-state index in [-0.39, 0.29) is 17.1 Å². The summed E-state index contributed by atoms with van der Waals surface area (Å²) in [7, 11) is 0. The summed E-state index contributed by atoms with van der Waals surface area (Å²) in [6, 6.07) is 0. The van der Waals surface area contributed by atoms with Crippen molar-refractivity contribution >= 4 is 17.1 Å². The Bertz CT molecular complexity index is 665. The predicted octanol–water partition coefficient (Wildman–Crippen LogP) is -0.401. The minimum atomic E-state index is -4.70. The van der Waals surface area contributed by atoms with Gasteiger partial charge in [-0.05, 0) is 0 Å². The zero-order valence-electron chi connectivity index (χ0n) is 9.89. The number of aliphatic hydroxyl groups is 1. The maximum atomic E-state index is 12.4. The maximum absolute atomic E-state index is 12.4. The molecule has 0 saturated heterocycles. The Labute approximate surface area is 109 Å². The van der Waals surface area contributed by atoms with Crippen LogP contribution in [0.3, 0.4) is 0 Å². The Balaban J connectivity index is 2.25. The van der Waals surface area contributed by atoms with Crippen LogP contribution in [0.5, 0.6) is 0 Å². The van der Waals surface area contributed by atoms with E-state index in [1.54, 1.807) is 0 Å². The molecule has 4 N–H and O–H groups in total. The first-order valence-electron chi connectivity index (χ1n) is 5.32. The van der Waals surface area contributed by atoms with Gasteiger partial charge in [0.05, 0.1) is 12.9 Å². The molecule has 2 aromatic heterocycles. The van der Waals surface area contributed by atoms with Crippen LogP contribution in [0.15, 0.2) is 11.1 Å². The van der Waals surface area contributed by atoms with Crippen molar-refractivity contribution in [3.8, 4) is 0 Å². The third-order valence-electron chi connectivity index (χ3n) is 2.44. The van der Waals surface area contributed by atoms with Gasteiger partial charge in [-0.3, -0.25) is 14.3 Å². The summed E-state index contributed by atoms with van der Waals surface area (Å²) in [5.41, 5.74) is 4.64. The molecule has 8 nitrogen and oxygen atoms in total. The molecular formula is C9H10F3N5O3. The topological polar surface area (TPSA) is 119 Å². The Morgan fingerprint density at radius 2 is 2.25 bits per heavy atom. The Morgan fingerprint density at radius 1 is 1.55 bits per heavy atom. The number of nitrogen functional groups attached to an aromatic ring is 1. The lowest BCUT2D eigenvalue weighted by Gasteiger charge is -2.18. The molecule has 0 amide bonds. The van der Waals surface area contributed by atoms with E-state index in [9.17, 15) is 18.0 Å². The Morgan fingerprint density at radius 3 is 2.85 bits per heavy atom. The smallest absolute Gasteiger partial charge is 0.393 e. The number of rotatable bonds is 4. The van der Waals surface area contributed by atoms with Gasteiger partial charge in [0, 0.05) is 0 Å². The van der Waals surface area contributed by atoms with Crippen molar-refractivity contribution in [2.45, 2.75) is 19.0 Å². The Hall–Kier alpha value is -2.14. The molecule has 0 aliphatic rings. The molecule has 0 saturated carbocycles. The fourth-order valence-corrected chi connectivity index (χ4v) is 1.49. The number of fused-ring (bicyclic) bond motifs is 1. The van der Waals surface area contributed by atoms with Gasteiger partial charge in [0.25, 0.3) is 5.56 Å². The molecule has 11 heteroatoms. The molecule has 2 rings (SSSR count). The van der Waals surface area contributed by atoms with Gasteiger partial charge in [-0.2, -0.15) is 18.2 Å². The van der Waals surface area contributed by atoms with E-state index in [0.29, 0.717) is 0 Å². The van der Waals surface area contributed by atoms with E-state index < -0.39 is 31.2 Å².